The summed E-state index contributed by atoms with van der Waals surface area (Å²) in [6, 6.07) is 16.4. The van der Waals surface area contributed by atoms with Crippen LogP contribution in [-0.4, -0.2) is 26.3 Å². The molecule has 0 N–H and O–H groups in total. The van der Waals surface area contributed by atoms with E-state index >= 15 is 0 Å². The Morgan fingerprint density at radius 2 is 1.86 bits per heavy atom. The average Bonchev–Trinajstić information content (AvgIpc) is 2.72. The van der Waals surface area contributed by atoms with Crippen molar-refractivity contribution in [2.75, 3.05) is 11.4 Å². The molecule has 0 aliphatic heterocycles. The number of anilines is 1. The van der Waals surface area contributed by atoms with Gasteiger partial charge in [-0.2, -0.15) is 0 Å². The number of Topliss-reactive ketones (excluding diaryl/α,β-unsaturated/α-hetero) is 1. The highest BCUT2D eigenvalue weighted by molar-refractivity contribution is 7.92. The molecule has 0 fully saturated rings. The number of benzene rings is 2. The van der Waals surface area contributed by atoms with Crippen molar-refractivity contribution in [2.24, 2.45) is 0 Å². The van der Waals surface area contributed by atoms with Crippen molar-refractivity contribution in [3.63, 3.8) is 0 Å². The van der Waals surface area contributed by atoms with Gasteiger partial charge in [0.05, 0.1) is 24.2 Å². The average molecular weight is 396 g/mol. The van der Waals surface area contributed by atoms with Gasteiger partial charge < -0.3 is 4.74 Å². The van der Waals surface area contributed by atoms with Gasteiger partial charge in [0, 0.05) is 24.0 Å². The number of nitrogens with zero attached hydrogens (tertiary/aromatic N) is 2. The predicted octanol–water partition coefficient (Wildman–Crippen LogP) is 3.69. The first-order chi connectivity index (χ1) is 13.4. The van der Waals surface area contributed by atoms with Gasteiger partial charge in [-0.25, -0.2) is 8.42 Å². The lowest BCUT2D eigenvalue weighted by Crippen LogP contribution is -2.30. The molecule has 0 saturated carbocycles. The highest BCUT2D eigenvalue weighted by Gasteiger charge is 2.26. The highest BCUT2D eigenvalue weighted by atomic mass is 32.2. The highest BCUT2D eigenvalue weighted by Crippen LogP contribution is 2.29. The minimum absolute atomic E-state index is 0.0481. The molecule has 0 amide bonds. The van der Waals surface area contributed by atoms with Crippen molar-refractivity contribution in [1.82, 2.24) is 4.98 Å². The summed E-state index contributed by atoms with van der Waals surface area (Å²) in [5.41, 5.74) is 1.53. The van der Waals surface area contributed by atoms with Crippen molar-refractivity contribution in [3.8, 4) is 5.75 Å². The number of carbonyl (C=O) groups excluding carboxylic acids is 1. The summed E-state index contributed by atoms with van der Waals surface area (Å²) in [4.78, 5) is 15.8. The van der Waals surface area contributed by atoms with Gasteiger partial charge in [-0.1, -0.05) is 24.3 Å². The Morgan fingerprint density at radius 3 is 2.54 bits per heavy atom. The van der Waals surface area contributed by atoms with Crippen LogP contribution in [0.5, 0.6) is 5.75 Å². The Hall–Kier alpha value is -3.19. The molecule has 0 spiro atoms. The maximum absolute atomic E-state index is 13.5. The summed E-state index contributed by atoms with van der Waals surface area (Å²) in [5.74, 6) is 0.346. The summed E-state index contributed by atoms with van der Waals surface area (Å²) in [7, 11) is -2.41. The smallest absolute Gasteiger partial charge is 0.264 e. The summed E-state index contributed by atoms with van der Waals surface area (Å²) in [6.07, 6.45) is 3.25. The van der Waals surface area contributed by atoms with E-state index in [1.807, 2.05) is 6.07 Å². The largest absolute Gasteiger partial charge is 0.497 e. The van der Waals surface area contributed by atoms with E-state index in [9.17, 15) is 13.2 Å². The first-order valence-corrected chi connectivity index (χ1v) is 10.0. The van der Waals surface area contributed by atoms with Crippen molar-refractivity contribution in [1.29, 1.82) is 0 Å². The normalized spacial score (nSPS) is 11.1. The van der Waals surface area contributed by atoms with Crippen LogP contribution in [0.25, 0.3) is 0 Å². The van der Waals surface area contributed by atoms with E-state index in [4.69, 9.17) is 4.74 Å². The first-order valence-electron chi connectivity index (χ1n) is 8.58. The fourth-order valence-electron chi connectivity index (χ4n) is 2.74. The fourth-order valence-corrected chi connectivity index (χ4v) is 4.23. The minimum atomic E-state index is -3.94. The molecule has 3 aromatic rings. The van der Waals surface area contributed by atoms with E-state index in [1.165, 1.54) is 30.5 Å². The van der Waals surface area contributed by atoms with E-state index < -0.39 is 10.0 Å². The van der Waals surface area contributed by atoms with Crippen LogP contribution in [0.4, 0.5) is 5.69 Å². The number of hydrogen-bond donors (Lipinski definition) is 0. The van der Waals surface area contributed by atoms with Gasteiger partial charge in [-0.3, -0.25) is 14.1 Å². The molecule has 0 aliphatic rings. The van der Waals surface area contributed by atoms with E-state index in [0.29, 0.717) is 17.0 Å². The Morgan fingerprint density at radius 1 is 1.07 bits per heavy atom. The number of carbonyl (C=O) groups is 1. The van der Waals surface area contributed by atoms with Crippen LogP contribution in [-0.2, 0) is 16.6 Å². The molecule has 0 saturated heterocycles. The summed E-state index contributed by atoms with van der Waals surface area (Å²) in [6.45, 7) is 1.49. The third kappa shape index (κ3) is 4.20. The number of ether oxygens (including phenoxy) is 1. The number of methoxy groups -OCH3 is 1. The molecule has 0 aliphatic carbocycles. The van der Waals surface area contributed by atoms with Gasteiger partial charge in [0.2, 0.25) is 0 Å². The monoisotopic (exact) mass is 396 g/mol. The lowest BCUT2D eigenvalue weighted by Gasteiger charge is -2.25. The maximum Gasteiger partial charge on any atom is 0.264 e. The molecule has 28 heavy (non-hydrogen) atoms. The Bertz CT molecular complexity index is 1080. The van der Waals surface area contributed by atoms with Gasteiger partial charge in [0.15, 0.2) is 5.78 Å². The fraction of sp³-hybridized carbons (Fsp3) is 0.143. The van der Waals surface area contributed by atoms with Crippen molar-refractivity contribution in [3.05, 3.63) is 84.2 Å². The Labute approximate surface area is 164 Å². The van der Waals surface area contributed by atoms with Crippen LogP contribution in [0.2, 0.25) is 0 Å². The van der Waals surface area contributed by atoms with Crippen molar-refractivity contribution >= 4 is 21.5 Å². The van der Waals surface area contributed by atoms with Gasteiger partial charge in [0.1, 0.15) is 5.75 Å². The molecule has 144 valence electrons. The summed E-state index contributed by atoms with van der Waals surface area (Å²) < 4.78 is 33.5. The number of pyridine rings is 1. The number of aromatic nitrogens is 1. The van der Waals surface area contributed by atoms with Crippen molar-refractivity contribution < 1.29 is 17.9 Å². The second-order valence-corrected chi connectivity index (χ2v) is 8.02. The van der Waals surface area contributed by atoms with Crippen LogP contribution >= 0.6 is 0 Å². The quantitative estimate of drug-likeness (QED) is 0.569. The Kier molecular flexibility index (Phi) is 5.75. The molecule has 7 heteroatoms. The molecular formula is C21H20N2O4S. The van der Waals surface area contributed by atoms with Gasteiger partial charge >= 0.3 is 0 Å². The number of sulfonamides is 1. The summed E-state index contributed by atoms with van der Waals surface area (Å²) >= 11 is 0. The van der Waals surface area contributed by atoms with Crippen LogP contribution in [0.1, 0.15) is 22.8 Å². The molecule has 0 atom stereocenters. The van der Waals surface area contributed by atoms with Crippen molar-refractivity contribution in [2.45, 2.75) is 18.4 Å². The molecular weight excluding hydrogens is 376 g/mol. The first kappa shape index (κ1) is 19.6. The molecule has 1 aromatic heterocycles. The molecule has 3 rings (SSSR count). The van der Waals surface area contributed by atoms with Gasteiger partial charge in [-0.05, 0) is 42.8 Å². The van der Waals surface area contributed by atoms with E-state index in [1.54, 1.807) is 54.9 Å². The lowest BCUT2D eigenvalue weighted by molar-refractivity contribution is 0.101. The number of rotatable bonds is 7. The lowest BCUT2D eigenvalue weighted by atomic mass is 10.2. The minimum Gasteiger partial charge on any atom is -0.497 e. The zero-order chi connectivity index (χ0) is 20.1. The standard InChI is InChI=1S/C21H20N2O4S/c1-16(24)18-7-3-10-21(12-18)28(25,26)23(15-17-6-5-11-22-14-17)19-8-4-9-20(13-19)27-2/h3-14H,15H2,1-2H3. The molecule has 6 nitrogen and oxygen atoms in total. The summed E-state index contributed by atoms with van der Waals surface area (Å²) in [5, 5.41) is 0. The molecule has 0 unspecified atom stereocenters. The van der Waals surface area contributed by atoms with Crippen LogP contribution in [0, 0.1) is 0 Å². The number of ketones is 1. The second kappa shape index (κ2) is 8.22. The third-order valence-electron chi connectivity index (χ3n) is 4.22. The van der Waals surface area contributed by atoms with Crippen LogP contribution in [0.3, 0.4) is 0 Å². The SMILES string of the molecule is COc1cccc(N(Cc2cccnc2)S(=O)(=O)c2cccc(C(C)=O)c2)c1. The van der Waals surface area contributed by atoms with Crippen LogP contribution in [0.15, 0.2) is 78.0 Å². The van der Waals surface area contributed by atoms with E-state index in [-0.39, 0.29) is 17.2 Å². The maximum atomic E-state index is 13.5. The zero-order valence-electron chi connectivity index (χ0n) is 15.6. The van der Waals surface area contributed by atoms with Gasteiger partial charge in [0.25, 0.3) is 10.0 Å². The second-order valence-electron chi connectivity index (χ2n) is 6.16. The van der Waals surface area contributed by atoms with E-state index in [0.717, 1.165) is 5.56 Å². The molecule has 0 bridgehead atoms. The Balaban J connectivity index is 2.11. The van der Waals surface area contributed by atoms with Crippen LogP contribution < -0.4 is 9.04 Å². The molecule has 2 aromatic carbocycles. The third-order valence-corrected chi connectivity index (χ3v) is 5.99. The predicted molar refractivity (Wildman–Crippen MR) is 107 cm³/mol. The molecule has 0 radical (unpaired) electrons. The van der Waals surface area contributed by atoms with Gasteiger partial charge in [-0.15, -0.1) is 0 Å². The van der Waals surface area contributed by atoms with E-state index in [2.05, 4.69) is 4.98 Å². The number of hydrogen-bond acceptors (Lipinski definition) is 5. The molecule has 1 heterocycles. The topological polar surface area (TPSA) is 76.6 Å². The zero-order valence-corrected chi connectivity index (χ0v) is 16.4.